The van der Waals surface area contributed by atoms with Gasteiger partial charge in [-0.1, -0.05) is 36.4 Å². The van der Waals surface area contributed by atoms with Crippen LogP contribution in [0.4, 0.5) is 5.69 Å². The highest BCUT2D eigenvalue weighted by Gasteiger charge is 2.16. The number of ether oxygens (including phenoxy) is 4. The molecular weight excluding hydrogens is 474 g/mol. The Kier molecular flexibility index (Phi) is 8.00. The number of esters is 1. The van der Waals surface area contributed by atoms with Crippen molar-refractivity contribution in [2.45, 2.75) is 0 Å². The molecule has 8 heteroatoms. The SMILES string of the molecule is COc1ccc(NC(=O)COc2ccc(C(=O)OCC(=O)c3ccc4ccccc4c3)cc2OC)cc1. The zero-order valence-corrected chi connectivity index (χ0v) is 20.4. The predicted octanol–water partition coefficient (Wildman–Crippen LogP) is 4.91. The van der Waals surface area contributed by atoms with Crippen LogP contribution in [0.25, 0.3) is 10.8 Å². The van der Waals surface area contributed by atoms with Crippen molar-refractivity contribution >= 4 is 34.1 Å². The average Bonchev–Trinajstić information content (AvgIpc) is 2.94. The van der Waals surface area contributed by atoms with E-state index >= 15 is 0 Å². The summed E-state index contributed by atoms with van der Waals surface area (Å²) in [4.78, 5) is 37.3. The van der Waals surface area contributed by atoms with Crippen molar-refractivity contribution in [1.82, 2.24) is 0 Å². The number of hydrogen-bond donors (Lipinski definition) is 1. The number of amides is 1. The van der Waals surface area contributed by atoms with Crippen molar-refractivity contribution in [2.24, 2.45) is 0 Å². The van der Waals surface area contributed by atoms with Crippen molar-refractivity contribution in [3.8, 4) is 17.2 Å². The molecule has 188 valence electrons. The summed E-state index contributed by atoms with van der Waals surface area (Å²) in [5.41, 5.74) is 1.23. The predicted molar refractivity (Wildman–Crippen MR) is 139 cm³/mol. The first-order chi connectivity index (χ1) is 18.0. The fraction of sp³-hybridized carbons (Fsp3) is 0.138. The maximum atomic E-state index is 12.5. The lowest BCUT2D eigenvalue weighted by atomic mass is 10.0. The van der Waals surface area contributed by atoms with E-state index in [2.05, 4.69) is 5.32 Å². The molecule has 0 aliphatic rings. The van der Waals surface area contributed by atoms with Crippen LogP contribution in [0.5, 0.6) is 17.2 Å². The zero-order valence-electron chi connectivity index (χ0n) is 20.4. The van der Waals surface area contributed by atoms with Gasteiger partial charge in [-0.3, -0.25) is 9.59 Å². The fourth-order valence-corrected chi connectivity index (χ4v) is 3.59. The van der Waals surface area contributed by atoms with Gasteiger partial charge in [-0.05, 0) is 59.3 Å². The highest BCUT2D eigenvalue weighted by atomic mass is 16.5. The standard InChI is InChI=1S/C29H25NO7/c1-34-24-12-10-23(11-13-24)30-28(32)18-36-26-14-9-22(16-27(26)35-2)29(33)37-17-25(31)21-8-7-19-5-3-4-6-20(19)15-21/h3-16H,17-18H2,1-2H3,(H,30,32). The second-order valence-electron chi connectivity index (χ2n) is 7.99. The molecule has 37 heavy (non-hydrogen) atoms. The van der Waals surface area contributed by atoms with E-state index in [1.165, 1.54) is 25.3 Å². The summed E-state index contributed by atoms with van der Waals surface area (Å²) in [6, 6.07) is 24.3. The van der Waals surface area contributed by atoms with Crippen molar-refractivity contribution in [3.63, 3.8) is 0 Å². The molecule has 0 aromatic heterocycles. The highest BCUT2D eigenvalue weighted by Crippen LogP contribution is 2.28. The number of methoxy groups -OCH3 is 2. The third-order valence-corrected chi connectivity index (χ3v) is 5.54. The molecule has 4 aromatic carbocycles. The summed E-state index contributed by atoms with van der Waals surface area (Å²) in [6.07, 6.45) is 0. The van der Waals surface area contributed by atoms with E-state index in [0.717, 1.165) is 10.8 Å². The molecule has 1 amide bonds. The number of nitrogens with one attached hydrogen (secondary N) is 1. The van der Waals surface area contributed by atoms with Crippen LogP contribution in [0.1, 0.15) is 20.7 Å². The van der Waals surface area contributed by atoms with Crippen LogP contribution in [-0.2, 0) is 9.53 Å². The number of ketones is 1. The van der Waals surface area contributed by atoms with Gasteiger partial charge in [0, 0.05) is 11.3 Å². The molecule has 0 spiro atoms. The molecule has 4 aromatic rings. The Labute approximate surface area is 213 Å². The summed E-state index contributed by atoms with van der Waals surface area (Å²) in [7, 11) is 2.98. The van der Waals surface area contributed by atoms with Gasteiger partial charge in [-0.25, -0.2) is 4.79 Å². The summed E-state index contributed by atoms with van der Waals surface area (Å²) in [5.74, 6) is -0.174. The van der Waals surface area contributed by atoms with Crippen LogP contribution < -0.4 is 19.5 Å². The van der Waals surface area contributed by atoms with E-state index in [1.54, 1.807) is 43.5 Å². The Hall–Kier alpha value is -4.85. The molecule has 0 fully saturated rings. The first-order valence-corrected chi connectivity index (χ1v) is 11.4. The second-order valence-corrected chi connectivity index (χ2v) is 7.99. The Balaban J connectivity index is 1.32. The Morgan fingerprint density at radius 2 is 1.43 bits per heavy atom. The zero-order chi connectivity index (χ0) is 26.2. The van der Waals surface area contributed by atoms with Crippen LogP contribution in [0.15, 0.2) is 84.9 Å². The minimum atomic E-state index is -0.684. The topological polar surface area (TPSA) is 100 Å². The number of carbonyl (C=O) groups excluding carboxylic acids is 3. The third kappa shape index (κ3) is 6.43. The molecule has 8 nitrogen and oxygen atoms in total. The molecule has 0 aliphatic carbocycles. The van der Waals surface area contributed by atoms with Crippen molar-refractivity contribution in [3.05, 3.63) is 96.1 Å². The Morgan fingerprint density at radius 1 is 0.703 bits per heavy atom. The van der Waals surface area contributed by atoms with Gasteiger partial charge < -0.3 is 24.3 Å². The lowest BCUT2D eigenvalue weighted by molar-refractivity contribution is -0.118. The van der Waals surface area contributed by atoms with Gasteiger partial charge in [0.2, 0.25) is 0 Å². The lowest BCUT2D eigenvalue weighted by Crippen LogP contribution is -2.20. The quantitative estimate of drug-likeness (QED) is 0.244. The van der Waals surface area contributed by atoms with Crippen LogP contribution in [-0.4, -0.2) is 45.1 Å². The molecule has 0 atom stereocenters. The van der Waals surface area contributed by atoms with E-state index in [1.807, 2.05) is 30.3 Å². The summed E-state index contributed by atoms with van der Waals surface area (Å²) >= 11 is 0. The van der Waals surface area contributed by atoms with E-state index in [9.17, 15) is 14.4 Å². The van der Waals surface area contributed by atoms with Gasteiger partial charge in [0.05, 0.1) is 19.8 Å². The van der Waals surface area contributed by atoms with Crippen LogP contribution in [0.3, 0.4) is 0 Å². The van der Waals surface area contributed by atoms with Crippen LogP contribution in [0.2, 0.25) is 0 Å². The second kappa shape index (κ2) is 11.7. The lowest BCUT2D eigenvalue weighted by Gasteiger charge is -2.12. The fourth-order valence-electron chi connectivity index (χ4n) is 3.59. The first-order valence-electron chi connectivity index (χ1n) is 11.4. The molecule has 4 rings (SSSR count). The average molecular weight is 500 g/mol. The van der Waals surface area contributed by atoms with Crippen molar-refractivity contribution < 1.29 is 33.3 Å². The summed E-state index contributed by atoms with van der Waals surface area (Å²) in [6.45, 7) is -0.671. The summed E-state index contributed by atoms with van der Waals surface area (Å²) in [5, 5.41) is 4.66. The number of anilines is 1. The molecule has 0 saturated heterocycles. The molecule has 0 unspecified atom stereocenters. The number of carbonyl (C=O) groups is 3. The van der Waals surface area contributed by atoms with Gasteiger partial charge in [0.25, 0.3) is 5.91 Å². The van der Waals surface area contributed by atoms with Crippen molar-refractivity contribution in [1.29, 1.82) is 0 Å². The molecule has 0 radical (unpaired) electrons. The largest absolute Gasteiger partial charge is 0.497 e. The van der Waals surface area contributed by atoms with Gasteiger partial charge >= 0.3 is 5.97 Å². The summed E-state index contributed by atoms with van der Waals surface area (Å²) < 4.78 is 21.2. The number of fused-ring (bicyclic) bond motifs is 1. The highest BCUT2D eigenvalue weighted by molar-refractivity contribution is 6.02. The van der Waals surface area contributed by atoms with Crippen LogP contribution >= 0.6 is 0 Å². The molecule has 0 saturated carbocycles. The number of Topliss-reactive ketones (excluding diaryl/α,β-unsaturated/α-hetero) is 1. The maximum absolute atomic E-state index is 12.5. The number of hydrogen-bond acceptors (Lipinski definition) is 7. The van der Waals surface area contributed by atoms with Gasteiger partial charge in [0.15, 0.2) is 30.5 Å². The van der Waals surface area contributed by atoms with Gasteiger partial charge in [-0.2, -0.15) is 0 Å². The van der Waals surface area contributed by atoms with Gasteiger partial charge in [0.1, 0.15) is 5.75 Å². The molecular formula is C29H25NO7. The Bertz CT molecular complexity index is 1430. The Morgan fingerprint density at radius 3 is 2.16 bits per heavy atom. The van der Waals surface area contributed by atoms with Gasteiger partial charge in [-0.15, -0.1) is 0 Å². The minimum Gasteiger partial charge on any atom is -0.497 e. The molecule has 1 N–H and O–H groups in total. The molecule has 0 aliphatic heterocycles. The first kappa shape index (κ1) is 25.2. The molecule has 0 bridgehead atoms. The third-order valence-electron chi connectivity index (χ3n) is 5.54. The van der Waals surface area contributed by atoms with E-state index < -0.39 is 12.6 Å². The van der Waals surface area contributed by atoms with E-state index in [4.69, 9.17) is 18.9 Å². The maximum Gasteiger partial charge on any atom is 0.338 e. The van der Waals surface area contributed by atoms with Crippen LogP contribution in [0, 0.1) is 0 Å². The monoisotopic (exact) mass is 499 g/mol. The number of rotatable bonds is 10. The number of benzene rings is 4. The normalized spacial score (nSPS) is 10.4. The van der Waals surface area contributed by atoms with E-state index in [-0.39, 0.29) is 35.4 Å². The smallest absolute Gasteiger partial charge is 0.338 e. The minimum absolute atomic E-state index is 0.179. The van der Waals surface area contributed by atoms with Crippen molar-refractivity contribution in [2.75, 3.05) is 32.8 Å². The van der Waals surface area contributed by atoms with E-state index in [0.29, 0.717) is 17.0 Å². The molecule has 0 heterocycles.